The number of nitrogens with two attached hydrogens (primary N) is 1. The molecule has 5 heteroatoms. The zero-order valence-electron chi connectivity index (χ0n) is 9.24. The number of benzene rings is 1. The van der Waals surface area contributed by atoms with Gasteiger partial charge in [-0.15, -0.1) is 0 Å². The van der Waals surface area contributed by atoms with E-state index in [2.05, 4.69) is 27.0 Å². The van der Waals surface area contributed by atoms with Crippen molar-refractivity contribution in [2.45, 2.75) is 0 Å². The third kappa shape index (κ3) is 3.33. The van der Waals surface area contributed by atoms with Crippen molar-refractivity contribution in [1.29, 1.82) is 5.26 Å². The minimum absolute atomic E-state index is 0.510. The SMILES string of the molecule is CN(C)CC=Nc1cc(N)c(Br)cc1C#N. The third-order valence-corrected chi connectivity index (χ3v) is 2.60. The van der Waals surface area contributed by atoms with Gasteiger partial charge in [0.15, 0.2) is 0 Å². The van der Waals surface area contributed by atoms with E-state index >= 15 is 0 Å². The first kappa shape index (κ1) is 12.7. The Kier molecular flexibility index (Phi) is 4.47. The Hall–Kier alpha value is -1.38. The van der Waals surface area contributed by atoms with Crippen molar-refractivity contribution in [2.24, 2.45) is 4.99 Å². The first-order valence-corrected chi connectivity index (χ1v) is 5.50. The van der Waals surface area contributed by atoms with Crippen LogP contribution in [0.1, 0.15) is 5.56 Å². The molecule has 0 aliphatic rings. The minimum atomic E-state index is 0.510. The normalized spacial score (nSPS) is 10.9. The Morgan fingerprint density at radius 3 is 2.81 bits per heavy atom. The molecule has 0 radical (unpaired) electrons. The largest absolute Gasteiger partial charge is 0.398 e. The first-order valence-electron chi connectivity index (χ1n) is 4.71. The van der Waals surface area contributed by atoms with E-state index in [0.29, 0.717) is 16.9 Å². The lowest BCUT2D eigenvalue weighted by atomic mass is 10.2. The molecule has 0 amide bonds. The second kappa shape index (κ2) is 5.64. The summed E-state index contributed by atoms with van der Waals surface area (Å²) in [6.07, 6.45) is 1.75. The molecule has 0 heterocycles. The van der Waals surface area contributed by atoms with Gasteiger partial charge in [-0.3, -0.25) is 4.99 Å². The summed E-state index contributed by atoms with van der Waals surface area (Å²) in [6, 6.07) is 5.46. The molecule has 1 aromatic rings. The van der Waals surface area contributed by atoms with Gasteiger partial charge in [-0.1, -0.05) is 0 Å². The number of hydrogen-bond acceptors (Lipinski definition) is 4. The van der Waals surface area contributed by atoms with Gasteiger partial charge < -0.3 is 10.6 Å². The van der Waals surface area contributed by atoms with E-state index in [4.69, 9.17) is 11.0 Å². The summed E-state index contributed by atoms with van der Waals surface area (Å²) >= 11 is 3.28. The molecule has 16 heavy (non-hydrogen) atoms. The number of nitrogen functional groups attached to an aromatic ring is 1. The minimum Gasteiger partial charge on any atom is -0.398 e. The molecule has 0 saturated carbocycles. The van der Waals surface area contributed by atoms with Crippen LogP contribution in [0.25, 0.3) is 0 Å². The van der Waals surface area contributed by atoms with Gasteiger partial charge >= 0.3 is 0 Å². The molecular formula is C11H13BrN4. The predicted molar refractivity (Wildman–Crippen MR) is 70.0 cm³/mol. The Balaban J connectivity index is 3.00. The average molecular weight is 281 g/mol. The van der Waals surface area contributed by atoms with Gasteiger partial charge in [0.05, 0.1) is 11.3 Å². The van der Waals surface area contributed by atoms with Gasteiger partial charge in [0.2, 0.25) is 0 Å². The van der Waals surface area contributed by atoms with Gasteiger partial charge in [-0.05, 0) is 42.2 Å². The molecule has 1 rings (SSSR count). The van der Waals surface area contributed by atoms with Crippen molar-refractivity contribution < 1.29 is 0 Å². The molecule has 0 saturated heterocycles. The van der Waals surface area contributed by atoms with Crippen LogP contribution in [0.15, 0.2) is 21.6 Å². The Labute approximate surface area is 104 Å². The Morgan fingerprint density at radius 2 is 2.25 bits per heavy atom. The van der Waals surface area contributed by atoms with Gasteiger partial charge in [0.1, 0.15) is 6.07 Å². The molecule has 0 aromatic heterocycles. The Morgan fingerprint density at radius 1 is 1.56 bits per heavy atom. The number of hydrogen-bond donors (Lipinski definition) is 1. The summed E-state index contributed by atoms with van der Waals surface area (Å²) in [5, 5.41) is 8.95. The van der Waals surface area contributed by atoms with Gasteiger partial charge in [0, 0.05) is 22.9 Å². The summed E-state index contributed by atoms with van der Waals surface area (Å²) in [6.45, 7) is 0.723. The summed E-state index contributed by atoms with van der Waals surface area (Å²) < 4.78 is 0.718. The standard InChI is InChI=1S/C11H13BrN4/c1-16(2)4-3-15-11-6-10(14)9(12)5-8(11)7-13/h3,5-6H,4,14H2,1-2H3. The summed E-state index contributed by atoms with van der Waals surface area (Å²) in [4.78, 5) is 6.21. The van der Waals surface area contributed by atoms with Crippen LogP contribution in [0.2, 0.25) is 0 Å². The zero-order valence-corrected chi connectivity index (χ0v) is 10.8. The molecule has 0 fully saturated rings. The predicted octanol–water partition coefficient (Wildman–Crippen LogP) is 2.17. The van der Waals surface area contributed by atoms with E-state index in [1.807, 2.05) is 19.0 Å². The van der Waals surface area contributed by atoms with Crippen LogP contribution in [0.3, 0.4) is 0 Å². The maximum absolute atomic E-state index is 8.95. The highest BCUT2D eigenvalue weighted by Gasteiger charge is 2.04. The number of aliphatic imine (C=N–C) groups is 1. The molecule has 0 aliphatic heterocycles. The van der Waals surface area contributed by atoms with Crippen molar-refractivity contribution in [3.8, 4) is 6.07 Å². The van der Waals surface area contributed by atoms with E-state index in [1.165, 1.54) is 0 Å². The number of nitrogens with zero attached hydrogens (tertiary/aromatic N) is 3. The lowest BCUT2D eigenvalue weighted by Gasteiger charge is -2.05. The van der Waals surface area contributed by atoms with Crippen LogP contribution in [-0.2, 0) is 0 Å². The second-order valence-corrected chi connectivity index (χ2v) is 4.43. The van der Waals surface area contributed by atoms with Crippen LogP contribution >= 0.6 is 15.9 Å². The highest BCUT2D eigenvalue weighted by molar-refractivity contribution is 9.10. The lowest BCUT2D eigenvalue weighted by molar-refractivity contribution is 0.473. The highest BCUT2D eigenvalue weighted by Crippen LogP contribution is 2.28. The number of rotatable bonds is 3. The van der Waals surface area contributed by atoms with Crippen molar-refractivity contribution >= 4 is 33.5 Å². The van der Waals surface area contributed by atoms with Gasteiger partial charge in [-0.25, -0.2) is 0 Å². The molecule has 0 spiro atoms. The number of anilines is 1. The van der Waals surface area contributed by atoms with Crippen LogP contribution in [-0.4, -0.2) is 31.8 Å². The fourth-order valence-electron chi connectivity index (χ4n) is 1.08. The molecule has 0 bridgehead atoms. The summed E-state index contributed by atoms with van der Waals surface area (Å²) in [5.74, 6) is 0. The maximum Gasteiger partial charge on any atom is 0.101 e. The van der Waals surface area contributed by atoms with E-state index in [9.17, 15) is 0 Å². The quantitative estimate of drug-likeness (QED) is 0.682. The van der Waals surface area contributed by atoms with Crippen LogP contribution in [0, 0.1) is 11.3 Å². The van der Waals surface area contributed by atoms with Gasteiger partial charge in [-0.2, -0.15) is 5.26 Å². The molecule has 4 nitrogen and oxygen atoms in total. The topological polar surface area (TPSA) is 65.4 Å². The summed E-state index contributed by atoms with van der Waals surface area (Å²) in [7, 11) is 3.90. The number of nitriles is 1. The first-order chi connectivity index (χ1) is 7.54. The molecule has 0 aliphatic carbocycles. The zero-order chi connectivity index (χ0) is 12.1. The molecular weight excluding hydrogens is 268 g/mol. The van der Waals surface area contributed by atoms with Crippen LogP contribution < -0.4 is 5.73 Å². The molecule has 2 N–H and O–H groups in total. The van der Waals surface area contributed by atoms with Crippen molar-refractivity contribution in [2.75, 3.05) is 26.4 Å². The van der Waals surface area contributed by atoms with E-state index < -0.39 is 0 Å². The smallest absolute Gasteiger partial charge is 0.101 e. The maximum atomic E-state index is 8.95. The monoisotopic (exact) mass is 280 g/mol. The van der Waals surface area contributed by atoms with E-state index in [-0.39, 0.29) is 0 Å². The van der Waals surface area contributed by atoms with Crippen LogP contribution in [0.4, 0.5) is 11.4 Å². The second-order valence-electron chi connectivity index (χ2n) is 3.58. The molecule has 84 valence electrons. The fourth-order valence-corrected chi connectivity index (χ4v) is 1.42. The van der Waals surface area contributed by atoms with Crippen molar-refractivity contribution in [1.82, 2.24) is 4.90 Å². The lowest BCUT2D eigenvalue weighted by Crippen LogP contribution is -2.13. The van der Waals surface area contributed by atoms with Gasteiger partial charge in [0.25, 0.3) is 0 Å². The molecule has 1 aromatic carbocycles. The molecule has 0 unspecified atom stereocenters. The van der Waals surface area contributed by atoms with Crippen LogP contribution in [0.5, 0.6) is 0 Å². The summed E-state index contributed by atoms with van der Waals surface area (Å²) in [5.41, 5.74) is 7.43. The Bertz CT molecular complexity index is 446. The average Bonchev–Trinajstić information content (AvgIpc) is 2.22. The fraction of sp³-hybridized carbons (Fsp3) is 0.273. The third-order valence-electron chi connectivity index (χ3n) is 1.91. The van der Waals surface area contributed by atoms with Crippen molar-refractivity contribution in [3.63, 3.8) is 0 Å². The highest BCUT2D eigenvalue weighted by atomic mass is 79.9. The van der Waals surface area contributed by atoms with E-state index in [0.717, 1.165) is 11.0 Å². The molecule has 0 atom stereocenters. The van der Waals surface area contributed by atoms with E-state index in [1.54, 1.807) is 18.3 Å². The number of halogens is 1. The van der Waals surface area contributed by atoms with Crippen molar-refractivity contribution in [3.05, 3.63) is 22.2 Å².